The fourth-order valence-electron chi connectivity index (χ4n) is 1.40. The van der Waals surface area contributed by atoms with E-state index in [4.69, 9.17) is 11.6 Å². The second kappa shape index (κ2) is 4.01. The number of carbonyl (C=O) groups excluding carboxylic acids is 1. The SMILES string of the molecule is Cc1cc(C)c(N(C)C(=O)Cl)cc1C. The topological polar surface area (TPSA) is 20.3 Å². The number of halogens is 1. The summed E-state index contributed by atoms with van der Waals surface area (Å²) >= 11 is 5.41. The third-order valence-electron chi connectivity index (χ3n) is 2.44. The van der Waals surface area contributed by atoms with Gasteiger partial charge in [-0.15, -0.1) is 0 Å². The number of amides is 1. The van der Waals surface area contributed by atoms with Crippen molar-refractivity contribution in [3.63, 3.8) is 0 Å². The van der Waals surface area contributed by atoms with Crippen LogP contribution in [-0.4, -0.2) is 12.4 Å². The van der Waals surface area contributed by atoms with E-state index < -0.39 is 5.37 Å². The zero-order valence-electron chi connectivity index (χ0n) is 8.89. The molecule has 0 saturated heterocycles. The molecule has 3 heteroatoms. The molecule has 1 aromatic carbocycles. The summed E-state index contributed by atoms with van der Waals surface area (Å²) in [5, 5.41) is -0.462. The summed E-state index contributed by atoms with van der Waals surface area (Å²) in [6.07, 6.45) is 0. The van der Waals surface area contributed by atoms with E-state index in [-0.39, 0.29) is 0 Å². The van der Waals surface area contributed by atoms with Crippen LogP contribution in [0.4, 0.5) is 10.5 Å². The van der Waals surface area contributed by atoms with Gasteiger partial charge < -0.3 is 4.90 Å². The van der Waals surface area contributed by atoms with Gasteiger partial charge in [-0.1, -0.05) is 6.07 Å². The van der Waals surface area contributed by atoms with Gasteiger partial charge in [0.1, 0.15) is 0 Å². The van der Waals surface area contributed by atoms with Crippen LogP contribution in [0, 0.1) is 20.8 Å². The Bertz CT molecular complexity index is 374. The van der Waals surface area contributed by atoms with Gasteiger partial charge in [0.15, 0.2) is 0 Å². The predicted molar refractivity (Wildman–Crippen MR) is 60.3 cm³/mol. The maximum absolute atomic E-state index is 11.0. The largest absolute Gasteiger partial charge is 0.320 e. The highest BCUT2D eigenvalue weighted by molar-refractivity contribution is 6.66. The van der Waals surface area contributed by atoms with E-state index in [1.165, 1.54) is 10.5 Å². The van der Waals surface area contributed by atoms with Crippen molar-refractivity contribution in [2.75, 3.05) is 11.9 Å². The number of nitrogens with zero attached hydrogens (tertiary/aromatic N) is 1. The number of carbonyl (C=O) groups is 1. The van der Waals surface area contributed by atoms with Crippen molar-refractivity contribution in [3.05, 3.63) is 28.8 Å². The van der Waals surface area contributed by atoms with Crippen LogP contribution in [0.5, 0.6) is 0 Å². The minimum Gasteiger partial charge on any atom is -0.302 e. The molecule has 2 nitrogen and oxygen atoms in total. The second-order valence-electron chi connectivity index (χ2n) is 3.53. The lowest BCUT2D eigenvalue weighted by atomic mass is 10.0. The summed E-state index contributed by atoms with van der Waals surface area (Å²) in [6, 6.07) is 4.03. The van der Waals surface area contributed by atoms with Crippen molar-refractivity contribution < 1.29 is 4.79 Å². The molecule has 0 atom stereocenters. The third-order valence-corrected chi connectivity index (χ3v) is 2.69. The lowest BCUT2D eigenvalue weighted by molar-refractivity contribution is 0.265. The van der Waals surface area contributed by atoms with Crippen molar-refractivity contribution in [1.82, 2.24) is 0 Å². The van der Waals surface area contributed by atoms with Crippen molar-refractivity contribution in [2.24, 2.45) is 0 Å². The molecule has 0 aliphatic heterocycles. The molecule has 0 bridgehead atoms. The molecule has 1 amide bonds. The van der Waals surface area contributed by atoms with E-state index in [0.717, 1.165) is 16.8 Å². The first-order chi connectivity index (χ1) is 6.43. The average Bonchev–Trinajstić information content (AvgIpc) is 2.10. The Morgan fingerprint density at radius 1 is 1.14 bits per heavy atom. The molecular weight excluding hydrogens is 198 g/mol. The standard InChI is InChI=1S/C11H14ClNO/c1-7-5-9(3)10(6-8(7)2)13(4)11(12)14/h5-6H,1-4H3. The van der Waals surface area contributed by atoms with Gasteiger partial charge in [0, 0.05) is 12.7 Å². The average molecular weight is 212 g/mol. The highest BCUT2D eigenvalue weighted by Crippen LogP contribution is 2.23. The van der Waals surface area contributed by atoms with Crippen molar-refractivity contribution in [1.29, 1.82) is 0 Å². The second-order valence-corrected chi connectivity index (χ2v) is 3.86. The van der Waals surface area contributed by atoms with E-state index in [9.17, 15) is 4.79 Å². The van der Waals surface area contributed by atoms with Crippen LogP contribution in [0.1, 0.15) is 16.7 Å². The van der Waals surface area contributed by atoms with Crippen LogP contribution >= 0.6 is 11.6 Å². The monoisotopic (exact) mass is 211 g/mol. The zero-order valence-corrected chi connectivity index (χ0v) is 9.64. The summed E-state index contributed by atoms with van der Waals surface area (Å²) in [4.78, 5) is 12.4. The number of benzene rings is 1. The predicted octanol–water partition coefficient (Wildman–Crippen LogP) is 3.41. The van der Waals surface area contributed by atoms with Crippen LogP contribution < -0.4 is 4.90 Å². The third kappa shape index (κ3) is 2.07. The van der Waals surface area contributed by atoms with Gasteiger partial charge in [-0.25, -0.2) is 0 Å². The maximum Gasteiger partial charge on any atom is 0.320 e. The van der Waals surface area contributed by atoms with E-state index >= 15 is 0 Å². The van der Waals surface area contributed by atoms with E-state index in [1.54, 1.807) is 7.05 Å². The normalized spacial score (nSPS) is 10.1. The van der Waals surface area contributed by atoms with E-state index in [2.05, 4.69) is 13.0 Å². The molecule has 0 heterocycles. The summed E-state index contributed by atoms with van der Waals surface area (Å²) in [5.74, 6) is 0. The fraction of sp³-hybridized carbons (Fsp3) is 0.364. The Morgan fingerprint density at radius 2 is 1.64 bits per heavy atom. The number of hydrogen-bond acceptors (Lipinski definition) is 1. The summed E-state index contributed by atoms with van der Waals surface area (Å²) in [6.45, 7) is 6.04. The van der Waals surface area contributed by atoms with Crippen molar-refractivity contribution >= 4 is 22.7 Å². The smallest absolute Gasteiger partial charge is 0.302 e. The maximum atomic E-state index is 11.0. The Kier molecular flexibility index (Phi) is 3.17. The molecular formula is C11H14ClNO. The van der Waals surface area contributed by atoms with Gasteiger partial charge in [-0.05, 0) is 55.1 Å². The molecule has 1 rings (SSSR count). The molecule has 0 aliphatic carbocycles. The van der Waals surface area contributed by atoms with E-state index in [1.807, 2.05) is 19.9 Å². The van der Waals surface area contributed by atoms with Gasteiger partial charge in [0.25, 0.3) is 0 Å². The van der Waals surface area contributed by atoms with Crippen LogP contribution in [-0.2, 0) is 0 Å². The minimum absolute atomic E-state index is 0.462. The van der Waals surface area contributed by atoms with Gasteiger partial charge in [-0.2, -0.15) is 0 Å². The Labute approximate surface area is 89.5 Å². The van der Waals surface area contributed by atoms with Crippen LogP contribution in [0.3, 0.4) is 0 Å². The molecule has 0 aromatic heterocycles. The number of aryl methyl sites for hydroxylation is 3. The molecule has 1 aromatic rings. The molecule has 76 valence electrons. The van der Waals surface area contributed by atoms with Crippen LogP contribution in [0.25, 0.3) is 0 Å². The van der Waals surface area contributed by atoms with Crippen LogP contribution in [0.15, 0.2) is 12.1 Å². The lowest BCUT2D eigenvalue weighted by Crippen LogP contribution is -2.20. The molecule has 0 spiro atoms. The zero-order chi connectivity index (χ0) is 10.9. The summed E-state index contributed by atoms with van der Waals surface area (Å²) in [7, 11) is 1.67. The molecule has 0 fully saturated rings. The summed E-state index contributed by atoms with van der Waals surface area (Å²) in [5.41, 5.74) is 4.31. The first-order valence-corrected chi connectivity index (χ1v) is 4.82. The number of anilines is 1. The first-order valence-electron chi connectivity index (χ1n) is 4.44. The highest BCUT2D eigenvalue weighted by atomic mass is 35.5. The first kappa shape index (κ1) is 11.1. The lowest BCUT2D eigenvalue weighted by Gasteiger charge is -2.17. The molecule has 0 saturated carbocycles. The van der Waals surface area contributed by atoms with Gasteiger partial charge in [0.05, 0.1) is 0 Å². The van der Waals surface area contributed by atoms with Crippen molar-refractivity contribution in [2.45, 2.75) is 20.8 Å². The van der Waals surface area contributed by atoms with Crippen LogP contribution in [0.2, 0.25) is 0 Å². The number of hydrogen-bond donors (Lipinski definition) is 0. The minimum atomic E-state index is -0.462. The Balaban J connectivity index is 3.22. The van der Waals surface area contributed by atoms with Gasteiger partial charge >= 0.3 is 5.37 Å². The molecule has 0 radical (unpaired) electrons. The molecule has 14 heavy (non-hydrogen) atoms. The van der Waals surface area contributed by atoms with Crippen molar-refractivity contribution in [3.8, 4) is 0 Å². The van der Waals surface area contributed by atoms with Gasteiger partial charge in [-0.3, -0.25) is 4.79 Å². The highest BCUT2D eigenvalue weighted by Gasteiger charge is 2.11. The summed E-state index contributed by atoms with van der Waals surface area (Å²) < 4.78 is 0. The number of rotatable bonds is 1. The molecule has 0 N–H and O–H groups in total. The fourth-order valence-corrected chi connectivity index (χ4v) is 1.49. The molecule has 0 aliphatic rings. The quantitative estimate of drug-likeness (QED) is 0.515. The Hall–Kier alpha value is -1.02. The van der Waals surface area contributed by atoms with E-state index in [0.29, 0.717) is 0 Å². The van der Waals surface area contributed by atoms with Gasteiger partial charge in [0.2, 0.25) is 0 Å². The molecule has 0 unspecified atom stereocenters. The Morgan fingerprint density at radius 3 is 2.14 bits per heavy atom.